The number of ketones is 1. The van der Waals surface area contributed by atoms with Crippen LogP contribution in [0.3, 0.4) is 0 Å². The maximum absolute atomic E-state index is 11.8. The van der Waals surface area contributed by atoms with E-state index in [0.29, 0.717) is 5.56 Å². The average Bonchev–Trinajstić information content (AvgIpc) is 2.67. The van der Waals surface area contributed by atoms with Crippen LogP contribution in [0, 0.1) is 24.3 Å². The Morgan fingerprint density at radius 1 is 1.26 bits per heavy atom. The molecule has 100 valence electrons. The molecule has 1 aromatic carbocycles. The number of benzene rings is 1. The number of alkyl halides is 1. The van der Waals surface area contributed by atoms with E-state index in [4.69, 9.17) is 11.6 Å². The zero-order valence-corrected chi connectivity index (χ0v) is 14.0. The van der Waals surface area contributed by atoms with E-state index in [1.807, 2.05) is 19.9 Å². The van der Waals surface area contributed by atoms with Gasteiger partial charge in [-0.15, -0.1) is 11.6 Å². The first-order chi connectivity index (χ1) is 8.95. The molecule has 0 bridgehead atoms. The minimum absolute atomic E-state index is 0.0234. The smallest absolute Gasteiger partial charge is 0.179 e. The highest BCUT2D eigenvalue weighted by atomic mass is 127. The molecule has 0 aliphatic heterocycles. The highest BCUT2D eigenvalue weighted by molar-refractivity contribution is 14.1. The van der Waals surface area contributed by atoms with E-state index >= 15 is 0 Å². The Labute approximate surface area is 131 Å². The highest BCUT2D eigenvalue weighted by Crippen LogP contribution is 2.25. The van der Waals surface area contributed by atoms with Crippen LogP contribution in [0.15, 0.2) is 24.3 Å². The van der Waals surface area contributed by atoms with Crippen LogP contribution in [-0.4, -0.2) is 16.2 Å². The first-order valence-electron chi connectivity index (χ1n) is 6.00. The number of Topliss-reactive ketones (excluding diaryl/α,β-unsaturated/α-hetero) is 1. The molecule has 0 fully saturated rings. The summed E-state index contributed by atoms with van der Waals surface area (Å²) in [6.07, 6.45) is 0. The molecule has 2 aromatic rings. The maximum atomic E-state index is 11.8. The number of rotatable bonds is 3. The first kappa shape index (κ1) is 14.6. The molecule has 0 saturated carbocycles. The van der Waals surface area contributed by atoms with E-state index in [1.54, 1.807) is 0 Å². The Kier molecular flexibility index (Phi) is 4.36. The van der Waals surface area contributed by atoms with Gasteiger partial charge >= 0.3 is 0 Å². The molecule has 2 rings (SSSR count). The van der Waals surface area contributed by atoms with Crippen LogP contribution in [0.25, 0.3) is 5.69 Å². The fourth-order valence-electron chi connectivity index (χ4n) is 2.31. The van der Waals surface area contributed by atoms with Crippen molar-refractivity contribution in [3.63, 3.8) is 0 Å². The zero-order valence-electron chi connectivity index (χ0n) is 11.1. The SMILES string of the molecule is Cc1ccc(I)cc1-n1c(C)cc(C(=O)CCl)c1C. The molecule has 0 aliphatic rings. The van der Waals surface area contributed by atoms with Crippen LogP contribution >= 0.6 is 34.2 Å². The number of carbonyl (C=O) groups is 1. The number of carbonyl (C=O) groups excluding carboxylic acids is 1. The van der Waals surface area contributed by atoms with Crippen molar-refractivity contribution >= 4 is 40.0 Å². The van der Waals surface area contributed by atoms with Crippen molar-refractivity contribution in [2.75, 3.05) is 5.88 Å². The van der Waals surface area contributed by atoms with Gasteiger partial charge in [-0.3, -0.25) is 4.79 Å². The predicted molar refractivity (Wildman–Crippen MR) is 87.7 cm³/mol. The molecule has 0 N–H and O–H groups in total. The third kappa shape index (κ3) is 2.72. The lowest BCUT2D eigenvalue weighted by atomic mass is 10.1. The minimum Gasteiger partial charge on any atom is -0.317 e. The third-order valence-corrected chi connectivity index (χ3v) is 4.18. The summed E-state index contributed by atoms with van der Waals surface area (Å²) in [6, 6.07) is 8.22. The summed E-state index contributed by atoms with van der Waals surface area (Å²) in [7, 11) is 0. The second-order valence-corrected chi connectivity index (χ2v) is 6.12. The van der Waals surface area contributed by atoms with Crippen molar-refractivity contribution in [2.24, 2.45) is 0 Å². The molecule has 0 unspecified atom stereocenters. The molecule has 19 heavy (non-hydrogen) atoms. The van der Waals surface area contributed by atoms with Crippen LogP contribution in [0.5, 0.6) is 0 Å². The number of halogens is 2. The van der Waals surface area contributed by atoms with Crippen LogP contribution in [0.2, 0.25) is 0 Å². The quantitative estimate of drug-likeness (QED) is 0.434. The van der Waals surface area contributed by atoms with Crippen molar-refractivity contribution in [3.05, 3.63) is 50.4 Å². The van der Waals surface area contributed by atoms with Crippen molar-refractivity contribution < 1.29 is 4.79 Å². The van der Waals surface area contributed by atoms with Crippen LogP contribution in [-0.2, 0) is 0 Å². The lowest BCUT2D eigenvalue weighted by Gasteiger charge is -2.13. The van der Waals surface area contributed by atoms with E-state index in [9.17, 15) is 4.79 Å². The van der Waals surface area contributed by atoms with Gasteiger partial charge in [0.2, 0.25) is 0 Å². The maximum Gasteiger partial charge on any atom is 0.179 e. The molecular weight excluding hydrogens is 373 g/mol. The lowest BCUT2D eigenvalue weighted by Crippen LogP contribution is -2.05. The van der Waals surface area contributed by atoms with Crippen molar-refractivity contribution in [3.8, 4) is 5.69 Å². The Bertz CT molecular complexity index is 646. The summed E-state index contributed by atoms with van der Waals surface area (Å²) in [5, 5.41) is 0. The van der Waals surface area contributed by atoms with Gasteiger partial charge in [0, 0.05) is 26.2 Å². The Morgan fingerprint density at radius 3 is 2.58 bits per heavy atom. The minimum atomic E-state index is -0.0238. The summed E-state index contributed by atoms with van der Waals surface area (Å²) in [5.74, 6) is -0.000386. The van der Waals surface area contributed by atoms with Crippen LogP contribution < -0.4 is 0 Å². The topological polar surface area (TPSA) is 22.0 Å². The summed E-state index contributed by atoms with van der Waals surface area (Å²) in [5.41, 5.74) is 5.03. The van der Waals surface area contributed by atoms with Gasteiger partial charge in [0.05, 0.1) is 5.88 Å². The van der Waals surface area contributed by atoms with Gasteiger partial charge in [0.25, 0.3) is 0 Å². The van der Waals surface area contributed by atoms with Crippen molar-refractivity contribution in [2.45, 2.75) is 20.8 Å². The van der Waals surface area contributed by atoms with E-state index < -0.39 is 0 Å². The standard InChI is InChI=1S/C15H15ClINO/c1-9-4-5-12(17)7-14(9)18-10(2)6-13(11(18)3)15(19)8-16/h4-7H,8H2,1-3H3. The van der Waals surface area contributed by atoms with Crippen LogP contribution in [0.1, 0.15) is 27.3 Å². The summed E-state index contributed by atoms with van der Waals surface area (Å²) < 4.78 is 3.30. The molecule has 0 aliphatic carbocycles. The second kappa shape index (κ2) is 5.67. The van der Waals surface area contributed by atoms with E-state index in [2.05, 4.69) is 52.3 Å². The largest absolute Gasteiger partial charge is 0.317 e. The first-order valence-corrected chi connectivity index (χ1v) is 7.61. The van der Waals surface area contributed by atoms with Gasteiger partial charge in [0.15, 0.2) is 5.78 Å². The molecule has 0 atom stereocenters. The average molecular weight is 388 g/mol. The third-order valence-electron chi connectivity index (χ3n) is 3.26. The number of nitrogens with zero attached hydrogens (tertiary/aromatic N) is 1. The molecule has 0 spiro atoms. The molecule has 1 aromatic heterocycles. The molecule has 1 heterocycles. The number of aromatic nitrogens is 1. The molecule has 0 radical (unpaired) electrons. The highest BCUT2D eigenvalue weighted by Gasteiger charge is 2.16. The Balaban J connectivity index is 2.66. The van der Waals surface area contributed by atoms with Crippen molar-refractivity contribution in [1.29, 1.82) is 0 Å². The normalized spacial score (nSPS) is 10.8. The molecule has 4 heteroatoms. The summed E-state index contributed by atoms with van der Waals surface area (Å²) in [6.45, 7) is 6.05. The monoisotopic (exact) mass is 387 g/mol. The van der Waals surface area contributed by atoms with E-state index in [0.717, 1.165) is 17.1 Å². The molecule has 0 saturated heterocycles. The van der Waals surface area contributed by atoms with Gasteiger partial charge < -0.3 is 4.57 Å². The zero-order chi connectivity index (χ0) is 14.2. The fraction of sp³-hybridized carbons (Fsp3) is 0.267. The Hall–Kier alpha value is -0.810. The van der Waals surface area contributed by atoms with Gasteiger partial charge in [-0.2, -0.15) is 0 Å². The second-order valence-electron chi connectivity index (χ2n) is 4.61. The van der Waals surface area contributed by atoms with Gasteiger partial charge in [-0.25, -0.2) is 0 Å². The molecule has 0 amide bonds. The van der Waals surface area contributed by atoms with E-state index in [1.165, 1.54) is 9.13 Å². The summed E-state index contributed by atoms with van der Waals surface area (Å²) in [4.78, 5) is 11.8. The lowest BCUT2D eigenvalue weighted by molar-refractivity contribution is 0.102. The Morgan fingerprint density at radius 2 is 1.95 bits per heavy atom. The number of hydrogen-bond acceptors (Lipinski definition) is 1. The number of hydrogen-bond donors (Lipinski definition) is 0. The predicted octanol–water partition coefficient (Wildman–Crippen LogP) is 4.43. The van der Waals surface area contributed by atoms with Gasteiger partial charge in [-0.1, -0.05) is 6.07 Å². The molecular formula is C15H15ClINO. The number of aryl methyl sites for hydroxylation is 2. The summed E-state index contributed by atoms with van der Waals surface area (Å²) >= 11 is 7.96. The molecule has 2 nitrogen and oxygen atoms in total. The van der Waals surface area contributed by atoms with E-state index in [-0.39, 0.29) is 11.7 Å². The fourth-order valence-corrected chi connectivity index (χ4v) is 2.93. The van der Waals surface area contributed by atoms with Gasteiger partial charge in [0.1, 0.15) is 0 Å². The van der Waals surface area contributed by atoms with Crippen LogP contribution in [0.4, 0.5) is 0 Å². The van der Waals surface area contributed by atoms with Gasteiger partial charge in [-0.05, 0) is 67.1 Å². The van der Waals surface area contributed by atoms with Crippen molar-refractivity contribution in [1.82, 2.24) is 4.57 Å².